The Morgan fingerprint density at radius 2 is 1.89 bits per heavy atom. The maximum absolute atomic E-state index is 14.1. The van der Waals surface area contributed by atoms with Gasteiger partial charge >= 0.3 is 0 Å². The second kappa shape index (κ2) is 7.58. The van der Waals surface area contributed by atoms with Crippen molar-refractivity contribution in [2.45, 2.75) is 0 Å². The lowest BCUT2D eigenvalue weighted by molar-refractivity contribution is -0.122. The molecule has 1 N–H and O–H groups in total. The number of carbonyl (C=O) groups excluding carboxylic acids is 2. The van der Waals surface area contributed by atoms with Crippen LogP contribution in [0, 0.1) is 5.82 Å². The number of hydrogen-bond donors (Lipinski definition) is 1. The van der Waals surface area contributed by atoms with Crippen molar-refractivity contribution in [2.24, 2.45) is 0 Å². The lowest BCUT2D eigenvalue weighted by Gasteiger charge is -2.29. The molecule has 5 nitrogen and oxygen atoms in total. The Morgan fingerprint density at radius 3 is 2.52 bits per heavy atom. The topological polar surface area (TPSA) is 52.7 Å². The first-order valence-corrected chi connectivity index (χ1v) is 9.12. The fraction of sp³-hybridized carbons (Fsp3) is 0.105. The molecule has 0 spiro atoms. The van der Waals surface area contributed by atoms with Gasteiger partial charge in [-0.15, -0.1) is 0 Å². The van der Waals surface area contributed by atoms with Crippen LogP contribution in [0.4, 0.5) is 15.8 Å². The van der Waals surface area contributed by atoms with Crippen LogP contribution in [0.15, 0.2) is 52.5 Å². The number of carbonyl (C=O) groups is 2. The summed E-state index contributed by atoms with van der Waals surface area (Å²) in [6.45, 7) is 0. The van der Waals surface area contributed by atoms with Gasteiger partial charge in [0.15, 0.2) is 5.11 Å². The molecule has 2 aromatic carbocycles. The number of para-hydroxylation sites is 1. The van der Waals surface area contributed by atoms with Crippen LogP contribution in [0.3, 0.4) is 0 Å². The van der Waals surface area contributed by atoms with Crippen molar-refractivity contribution in [3.63, 3.8) is 0 Å². The van der Waals surface area contributed by atoms with Crippen molar-refractivity contribution in [3.8, 4) is 0 Å². The number of benzene rings is 2. The molecule has 2 amide bonds. The molecule has 1 saturated heterocycles. The van der Waals surface area contributed by atoms with Crippen LogP contribution in [-0.4, -0.2) is 31.0 Å². The Hall–Kier alpha value is -2.58. The van der Waals surface area contributed by atoms with E-state index >= 15 is 0 Å². The summed E-state index contributed by atoms with van der Waals surface area (Å²) in [6, 6.07) is 11.2. The summed E-state index contributed by atoms with van der Waals surface area (Å²) in [4.78, 5) is 28.1. The number of anilines is 2. The fourth-order valence-corrected chi connectivity index (χ4v) is 3.68. The molecule has 0 radical (unpaired) electrons. The van der Waals surface area contributed by atoms with E-state index < -0.39 is 17.6 Å². The highest BCUT2D eigenvalue weighted by Crippen LogP contribution is 2.28. The predicted octanol–water partition coefficient (Wildman–Crippen LogP) is 3.49. The van der Waals surface area contributed by atoms with Gasteiger partial charge in [0, 0.05) is 18.6 Å². The first kappa shape index (κ1) is 19.2. The van der Waals surface area contributed by atoms with Crippen LogP contribution in [0.5, 0.6) is 0 Å². The second-order valence-corrected chi connectivity index (χ2v) is 7.26. The molecule has 1 aliphatic heterocycles. The molecule has 8 heteroatoms. The van der Waals surface area contributed by atoms with Crippen molar-refractivity contribution in [3.05, 3.63) is 63.9 Å². The standard InChI is InChI=1S/C19H15BrFN3O2S/c1-23(2)15-8-7-11(10-13(15)20)9-12-17(25)22-19(27)24(18(12)26)16-6-4-3-5-14(16)21/h3-10H,1-2H3,(H,22,25,27)/b12-9+. The zero-order valence-electron chi connectivity index (χ0n) is 14.5. The summed E-state index contributed by atoms with van der Waals surface area (Å²) in [7, 11) is 3.81. The molecule has 0 atom stereocenters. The third-order valence-electron chi connectivity index (χ3n) is 3.96. The van der Waals surface area contributed by atoms with Gasteiger partial charge in [-0.1, -0.05) is 18.2 Å². The minimum absolute atomic E-state index is 0.0115. The Kier molecular flexibility index (Phi) is 5.38. The highest BCUT2D eigenvalue weighted by atomic mass is 79.9. The largest absolute Gasteiger partial charge is 0.377 e. The summed E-state index contributed by atoms with van der Waals surface area (Å²) in [6.07, 6.45) is 1.46. The summed E-state index contributed by atoms with van der Waals surface area (Å²) in [5.41, 5.74) is 1.46. The van der Waals surface area contributed by atoms with Gasteiger partial charge in [-0.05, 0) is 64.1 Å². The zero-order valence-corrected chi connectivity index (χ0v) is 16.9. The van der Waals surface area contributed by atoms with Crippen molar-refractivity contribution >= 4 is 62.5 Å². The molecule has 0 bridgehead atoms. The summed E-state index contributed by atoms with van der Waals surface area (Å²) in [5, 5.41) is 2.29. The minimum atomic E-state index is -0.679. The lowest BCUT2D eigenvalue weighted by Crippen LogP contribution is -2.54. The first-order valence-electron chi connectivity index (χ1n) is 7.92. The molecule has 3 rings (SSSR count). The van der Waals surface area contributed by atoms with Crippen molar-refractivity contribution in [1.82, 2.24) is 5.32 Å². The smallest absolute Gasteiger partial charge is 0.270 e. The average Bonchev–Trinajstić information content (AvgIpc) is 2.60. The van der Waals surface area contributed by atoms with Gasteiger partial charge in [0.1, 0.15) is 11.4 Å². The van der Waals surface area contributed by atoms with Crippen LogP contribution in [0.1, 0.15) is 5.56 Å². The SMILES string of the molecule is CN(C)c1ccc(/C=C2\C(=O)NC(=S)N(c3ccccc3F)C2=O)cc1Br. The number of nitrogens with zero attached hydrogens (tertiary/aromatic N) is 2. The van der Waals surface area contributed by atoms with Gasteiger partial charge in [-0.2, -0.15) is 0 Å². The van der Waals surface area contributed by atoms with Crippen LogP contribution in [0.25, 0.3) is 6.08 Å². The van der Waals surface area contributed by atoms with Crippen LogP contribution >= 0.6 is 28.1 Å². The van der Waals surface area contributed by atoms with E-state index in [1.807, 2.05) is 25.1 Å². The molecule has 1 fully saturated rings. The molecule has 0 unspecified atom stereocenters. The highest BCUT2D eigenvalue weighted by molar-refractivity contribution is 9.10. The lowest BCUT2D eigenvalue weighted by atomic mass is 10.1. The van der Waals surface area contributed by atoms with E-state index in [9.17, 15) is 14.0 Å². The van der Waals surface area contributed by atoms with E-state index in [0.29, 0.717) is 5.56 Å². The number of hydrogen-bond acceptors (Lipinski definition) is 4. The molecule has 1 aliphatic rings. The number of thiocarbonyl (C=S) groups is 1. The third kappa shape index (κ3) is 3.77. The van der Waals surface area contributed by atoms with Gasteiger partial charge in [0.25, 0.3) is 11.8 Å². The Labute approximate surface area is 169 Å². The fourth-order valence-electron chi connectivity index (χ4n) is 2.65. The molecule has 138 valence electrons. The van der Waals surface area contributed by atoms with E-state index in [0.717, 1.165) is 15.1 Å². The summed E-state index contributed by atoms with van der Waals surface area (Å²) < 4.78 is 15.0. The molecule has 1 heterocycles. The van der Waals surface area contributed by atoms with E-state index in [2.05, 4.69) is 21.2 Å². The Bertz CT molecular complexity index is 991. The molecule has 27 heavy (non-hydrogen) atoms. The van der Waals surface area contributed by atoms with E-state index in [1.165, 1.54) is 24.3 Å². The van der Waals surface area contributed by atoms with Crippen molar-refractivity contribution < 1.29 is 14.0 Å². The maximum atomic E-state index is 14.1. The minimum Gasteiger partial charge on any atom is -0.377 e. The second-order valence-electron chi connectivity index (χ2n) is 6.01. The Morgan fingerprint density at radius 1 is 1.19 bits per heavy atom. The predicted molar refractivity (Wildman–Crippen MR) is 111 cm³/mol. The summed E-state index contributed by atoms with van der Waals surface area (Å²) >= 11 is 8.55. The van der Waals surface area contributed by atoms with E-state index in [1.54, 1.807) is 18.2 Å². The number of nitrogens with one attached hydrogen (secondary N) is 1. The highest BCUT2D eigenvalue weighted by Gasteiger charge is 2.35. The quantitative estimate of drug-likeness (QED) is 0.444. The Balaban J connectivity index is 2.02. The van der Waals surface area contributed by atoms with Crippen LogP contribution in [0.2, 0.25) is 0 Å². The summed E-state index contributed by atoms with van der Waals surface area (Å²) in [5.74, 6) is -1.91. The van der Waals surface area contributed by atoms with Crippen LogP contribution in [-0.2, 0) is 9.59 Å². The zero-order chi connectivity index (χ0) is 19.7. The molecule has 0 aromatic heterocycles. The van der Waals surface area contributed by atoms with Gasteiger partial charge in [0.2, 0.25) is 0 Å². The monoisotopic (exact) mass is 447 g/mol. The van der Waals surface area contributed by atoms with Gasteiger partial charge in [0.05, 0.1) is 11.4 Å². The van der Waals surface area contributed by atoms with Gasteiger partial charge in [-0.3, -0.25) is 14.9 Å². The molecule has 0 aliphatic carbocycles. The third-order valence-corrected chi connectivity index (χ3v) is 4.88. The molecule has 2 aromatic rings. The molecular weight excluding hydrogens is 433 g/mol. The number of amides is 2. The number of rotatable bonds is 3. The van der Waals surface area contributed by atoms with Crippen LogP contribution < -0.4 is 15.1 Å². The van der Waals surface area contributed by atoms with Gasteiger partial charge in [-0.25, -0.2) is 9.29 Å². The first-order chi connectivity index (χ1) is 12.8. The van der Waals surface area contributed by atoms with Crippen molar-refractivity contribution in [2.75, 3.05) is 23.9 Å². The normalized spacial score (nSPS) is 15.9. The molecule has 0 saturated carbocycles. The average molecular weight is 448 g/mol. The van der Waals surface area contributed by atoms with Gasteiger partial charge < -0.3 is 4.90 Å². The van der Waals surface area contributed by atoms with E-state index in [4.69, 9.17) is 12.2 Å². The maximum Gasteiger partial charge on any atom is 0.270 e. The number of halogens is 2. The van der Waals surface area contributed by atoms with Crippen molar-refractivity contribution in [1.29, 1.82) is 0 Å². The molecular formula is C19H15BrFN3O2S. The van der Waals surface area contributed by atoms with E-state index in [-0.39, 0.29) is 16.4 Å².